The lowest BCUT2D eigenvalue weighted by molar-refractivity contribution is -0.116. The van der Waals surface area contributed by atoms with Crippen LogP contribution < -0.4 is 11.1 Å². The molecule has 0 saturated heterocycles. The number of nitrogens with two attached hydrogens (primary N) is 1. The Morgan fingerprint density at radius 2 is 1.89 bits per heavy atom. The molecule has 7 nitrogen and oxygen atoms in total. The van der Waals surface area contributed by atoms with E-state index in [9.17, 15) is 14.4 Å². The zero-order valence-electron chi connectivity index (χ0n) is 14.4. The molecular weight excluding hydrogens is 370 g/mol. The lowest BCUT2D eigenvalue weighted by atomic mass is 10.2. The first-order valence-corrected chi connectivity index (χ1v) is 8.34. The van der Waals surface area contributed by atoms with Crippen molar-refractivity contribution in [1.82, 2.24) is 4.57 Å². The smallest absolute Gasteiger partial charge is 0.340 e. The van der Waals surface area contributed by atoms with Gasteiger partial charge in [0.1, 0.15) is 6.54 Å². The van der Waals surface area contributed by atoms with E-state index < -0.39 is 11.9 Å². The number of primary amides is 1. The summed E-state index contributed by atoms with van der Waals surface area (Å²) in [5.74, 6) is -1.51. The molecule has 0 atom stereocenters. The highest BCUT2D eigenvalue weighted by molar-refractivity contribution is 6.34. The summed E-state index contributed by atoms with van der Waals surface area (Å²) in [7, 11) is 1.30. The van der Waals surface area contributed by atoms with Crippen LogP contribution >= 0.6 is 11.6 Å². The van der Waals surface area contributed by atoms with E-state index in [1.165, 1.54) is 19.2 Å². The van der Waals surface area contributed by atoms with Crippen LogP contribution in [0.5, 0.6) is 0 Å². The van der Waals surface area contributed by atoms with Crippen molar-refractivity contribution in [1.29, 1.82) is 0 Å². The van der Waals surface area contributed by atoms with E-state index in [1.54, 1.807) is 29.0 Å². The van der Waals surface area contributed by atoms with E-state index in [0.29, 0.717) is 16.6 Å². The molecule has 0 aliphatic rings. The zero-order valence-corrected chi connectivity index (χ0v) is 15.1. The van der Waals surface area contributed by atoms with Crippen LogP contribution in [0.2, 0.25) is 5.02 Å². The minimum Gasteiger partial charge on any atom is -0.465 e. The molecule has 0 aliphatic heterocycles. The highest BCUT2D eigenvalue weighted by atomic mass is 35.5. The standard InChI is InChI=1S/C19H16ClN3O4/c1-27-19(26)14-9-23(16-5-3-2-4-12(14)16)10-17(24)22-11-6-7-15(20)13(8-11)18(21)25/h2-9H,10H2,1H3,(H2,21,25)(H,22,24). The summed E-state index contributed by atoms with van der Waals surface area (Å²) in [6.45, 7) is -0.0357. The Labute approximate surface area is 159 Å². The Bertz CT molecular complexity index is 1060. The number of carbonyl (C=O) groups is 3. The van der Waals surface area contributed by atoms with E-state index in [4.69, 9.17) is 22.1 Å². The number of benzene rings is 2. The number of hydrogen-bond donors (Lipinski definition) is 2. The van der Waals surface area contributed by atoms with E-state index in [1.807, 2.05) is 12.1 Å². The number of nitrogens with one attached hydrogen (secondary N) is 1. The van der Waals surface area contributed by atoms with Crippen LogP contribution in [0.1, 0.15) is 20.7 Å². The maximum atomic E-state index is 12.4. The maximum absolute atomic E-state index is 12.4. The van der Waals surface area contributed by atoms with E-state index >= 15 is 0 Å². The molecule has 0 aliphatic carbocycles. The molecule has 1 heterocycles. The average Bonchev–Trinajstić information content (AvgIpc) is 3.01. The molecule has 1 aromatic heterocycles. The second kappa shape index (κ2) is 7.51. The molecule has 3 N–H and O–H groups in total. The highest BCUT2D eigenvalue weighted by Crippen LogP contribution is 2.23. The van der Waals surface area contributed by atoms with Gasteiger partial charge >= 0.3 is 5.97 Å². The number of carbonyl (C=O) groups excluding carboxylic acids is 3. The molecular formula is C19H16ClN3O4. The van der Waals surface area contributed by atoms with Crippen molar-refractivity contribution in [3.8, 4) is 0 Å². The van der Waals surface area contributed by atoms with Crippen molar-refractivity contribution < 1.29 is 19.1 Å². The zero-order chi connectivity index (χ0) is 19.6. The van der Waals surface area contributed by atoms with Gasteiger partial charge in [-0.3, -0.25) is 9.59 Å². The molecule has 0 unspecified atom stereocenters. The van der Waals surface area contributed by atoms with Gasteiger partial charge in [-0.05, 0) is 24.3 Å². The predicted octanol–water partition coefficient (Wildman–Crippen LogP) is 2.82. The average molecular weight is 386 g/mol. The number of rotatable bonds is 5. The number of nitrogens with zero attached hydrogens (tertiary/aromatic N) is 1. The van der Waals surface area contributed by atoms with Crippen LogP contribution in [0.4, 0.5) is 5.69 Å². The van der Waals surface area contributed by atoms with Crippen LogP contribution in [0.25, 0.3) is 10.9 Å². The minimum absolute atomic E-state index is 0.0357. The largest absolute Gasteiger partial charge is 0.465 e. The number of ether oxygens (including phenoxy) is 1. The Balaban J connectivity index is 1.86. The van der Waals surface area contributed by atoms with Crippen molar-refractivity contribution >= 4 is 46.0 Å². The Morgan fingerprint density at radius 1 is 1.15 bits per heavy atom. The molecule has 27 heavy (non-hydrogen) atoms. The first-order chi connectivity index (χ1) is 12.9. The van der Waals surface area contributed by atoms with E-state index in [-0.39, 0.29) is 23.0 Å². The fourth-order valence-corrected chi connectivity index (χ4v) is 3.01. The molecule has 3 aromatic rings. The van der Waals surface area contributed by atoms with Gasteiger partial charge in [-0.25, -0.2) is 4.79 Å². The molecule has 2 aromatic carbocycles. The number of fused-ring (bicyclic) bond motifs is 1. The number of para-hydroxylation sites is 1. The number of halogens is 1. The van der Waals surface area contributed by atoms with Gasteiger partial charge in [-0.15, -0.1) is 0 Å². The van der Waals surface area contributed by atoms with Gasteiger partial charge in [0.25, 0.3) is 0 Å². The van der Waals surface area contributed by atoms with Crippen LogP contribution in [-0.2, 0) is 16.1 Å². The molecule has 0 fully saturated rings. The maximum Gasteiger partial charge on any atom is 0.340 e. The quantitative estimate of drug-likeness (QED) is 0.659. The SMILES string of the molecule is COC(=O)c1cn(CC(=O)Nc2ccc(Cl)c(C(N)=O)c2)c2ccccc12. The molecule has 8 heteroatoms. The van der Waals surface area contributed by atoms with Gasteiger partial charge in [0.15, 0.2) is 0 Å². The van der Waals surface area contributed by atoms with E-state index in [2.05, 4.69) is 5.32 Å². The first kappa shape index (κ1) is 18.5. The number of amides is 2. The number of hydrogen-bond acceptors (Lipinski definition) is 4. The van der Waals surface area contributed by atoms with Gasteiger partial charge in [-0.1, -0.05) is 29.8 Å². The Morgan fingerprint density at radius 3 is 2.59 bits per heavy atom. The Hall–Kier alpha value is -3.32. The van der Waals surface area contributed by atoms with Gasteiger partial charge < -0.3 is 20.4 Å². The minimum atomic E-state index is -0.685. The number of anilines is 1. The number of esters is 1. The van der Waals surface area contributed by atoms with Crippen LogP contribution in [0.15, 0.2) is 48.7 Å². The Kier molecular flexibility index (Phi) is 5.14. The van der Waals surface area contributed by atoms with Gasteiger partial charge in [0, 0.05) is 22.8 Å². The highest BCUT2D eigenvalue weighted by Gasteiger charge is 2.17. The number of aromatic nitrogens is 1. The molecule has 0 saturated carbocycles. The van der Waals surface area contributed by atoms with Crippen molar-refractivity contribution in [3.63, 3.8) is 0 Å². The van der Waals surface area contributed by atoms with Gasteiger partial charge in [-0.2, -0.15) is 0 Å². The molecule has 0 bridgehead atoms. The van der Waals surface area contributed by atoms with Crippen molar-refractivity contribution in [3.05, 3.63) is 64.8 Å². The topological polar surface area (TPSA) is 103 Å². The summed E-state index contributed by atoms with van der Waals surface area (Å²) in [6.07, 6.45) is 1.58. The summed E-state index contributed by atoms with van der Waals surface area (Å²) in [6, 6.07) is 11.7. The van der Waals surface area contributed by atoms with Crippen molar-refractivity contribution in [2.45, 2.75) is 6.54 Å². The molecule has 0 radical (unpaired) electrons. The number of methoxy groups -OCH3 is 1. The predicted molar refractivity (Wildman–Crippen MR) is 102 cm³/mol. The fourth-order valence-electron chi connectivity index (χ4n) is 2.80. The third-order valence-corrected chi connectivity index (χ3v) is 4.35. The molecule has 2 amide bonds. The molecule has 3 rings (SSSR count). The fraction of sp³-hybridized carbons (Fsp3) is 0.105. The monoisotopic (exact) mass is 385 g/mol. The summed E-state index contributed by atoms with van der Waals surface area (Å²) in [5.41, 5.74) is 6.87. The van der Waals surface area contributed by atoms with Crippen molar-refractivity contribution in [2.24, 2.45) is 5.73 Å². The molecule has 0 spiro atoms. The second-order valence-corrected chi connectivity index (χ2v) is 6.19. The second-order valence-electron chi connectivity index (χ2n) is 5.79. The van der Waals surface area contributed by atoms with E-state index in [0.717, 1.165) is 5.52 Å². The van der Waals surface area contributed by atoms with Crippen LogP contribution in [0.3, 0.4) is 0 Å². The summed E-state index contributed by atoms with van der Waals surface area (Å²) < 4.78 is 6.45. The van der Waals surface area contributed by atoms with Crippen LogP contribution in [0, 0.1) is 0 Å². The van der Waals surface area contributed by atoms with Gasteiger partial charge in [0.2, 0.25) is 11.8 Å². The first-order valence-electron chi connectivity index (χ1n) is 7.96. The summed E-state index contributed by atoms with van der Waals surface area (Å²) in [5, 5.41) is 3.59. The van der Waals surface area contributed by atoms with Crippen molar-refractivity contribution in [2.75, 3.05) is 12.4 Å². The third kappa shape index (κ3) is 3.78. The van der Waals surface area contributed by atoms with Crippen LogP contribution in [-0.4, -0.2) is 29.5 Å². The normalized spacial score (nSPS) is 10.6. The molecule has 138 valence electrons. The van der Waals surface area contributed by atoms with Gasteiger partial charge in [0.05, 0.1) is 23.3 Å². The summed E-state index contributed by atoms with van der Waals surface area (Å²) in [4.78, 5) is 35.8. The third-order valence-electron chi connectivity index (χ3n) is 4.02. The lowest BCUT2D eigenvalue weighted by Crippen LogP contribution is -2.19. The summed E-state index contributed by atoms with van der Waals surface area (Å²) >= 11 is 5.91. The lowest BCUT2D eigenvalue weighted by Gasteiger charge is -2.09.